The van der Waals surface area contributed by atoms with Crippen LogP contribution in [0.3, 0.4) is 0 Å². The van der Waals surface area contributed by atoms with Crippen molar-refractivity contribution in [3.05, 3.63) is 121 Å². The fourth-order valence-corrected chi connectivity index (χ4v) is 11.1. The quantitative estimate of drug-likeness (QED) is 0.227. The second-order valence-corrected chi connectivity index (χ2v) is 16.9. The predicted octanol–water partition coefficient (Wildman–Crippen LogP) is 10.4. The van der Waals surface area contributed by atoms with Crippen LogP contribution in [0.25, 0.3) is 5.32 Å². The molecule has 36 heavy (non-hydrogen) atoms. The minimum absolute atomic E-state index is 0. The summed E-state index contributed by atoms with van der Waals surface area (Å²) in [6.07, 6.45) is 10.7. The molecule has 0 saturated heterocycles. The first-order valence-electron chi connectivity index (χ1n) is 12.1. The first-order chi connectivity index (χ1) is 17.1. The fraction of sp³-hybridized carbons (Fsp3) is 0.233. The van der Waals surface area contributed by atoms with Crippen molar-refractivity contribution in [1.82, 2.24) is 0 Å². The van der Waals surface area contributed by atoms with E-state index in [0.717, 1.165) is 11.4 Å². The van der Waals surface area contributed by atoms with Crippen molar-refractivity contribution in [3.63, 3.8) is 0 Å². The third-order valence-electron chi connectivity index (χ3n) is 7.78. The van der Waals surface area contributed by atoms with Gasteiger partial charge in [-0.1, -0.05) is 104 Å². The van der Waals surface area contributed by atoms with Crippen molar-refractivity contribution < 1.29 is 17.0 Å². The number of nitrogens with zero attached hydrogens (tertiary/aromatic N) is 2. The monoisotopic (exact) mass is 566 g/mol. The Morgan fingerprint density at radius 3 is 1.94 bits per heavy atom. The van der Waals surface area contributed by atoms with E-state index >= 15 is 0 Å². The van der Waals surface area contributed by atoms with Gasteiger partial charge in [-0.3, -0.25) is 0 Å². The maximum atomic E-state index is 5.01. The summed E-state index contributed by atoms with van der Waals surface area (Å²) in [5.41, 5.74) is 6.84. The number of fused-ring (bicyclic) bond motifs is 3. The summed E-state index contributed by atoms with van der Waals surface area (Å²) in [7, 11) is 7.74. The van der Waals surface area contributed by atoms with Crippen LogP contribution < -0.4 is 4.57 Å². The van der Waals surface area contributed by atoms with E-state index < -0.39 is 25.3 Å². The Hall–Kier alpha value is -1.75. The molecular weight excluding hydrogens is 535 g/mol. The van der Waals surface area contributed by atoms with E-state index in [2.05, 4.69) is 121 Å². The molecule has 1 saturated carbocycles. The van der Waals surface area contributed by atoms with Crippen LogP contribution in [0.15, 0.2) is 103 Å². The van der Waals surface area contributed by atoms with Crippen molar-refractivity contribution in [3.8, 4) is 0 Å². The molecule has 1 fully saturated rings. The molecule has 0 radical (unpaired) electrons. The molecule has 3 aliphatic rings. The second kappa shape index (κ2) is 11.8. The van der Waals surface area contributed by atoms with Crippen LogP contribution in [0.4, 0.5) is 22.7 Å². The molecule has 6 heteroatoms. The third-order valence-corrected chi connectivity index (χ3v) is 11.8. The number of para-hydroxylation sites is 4. The molecule has 0 N–H and O–H groups in total. The number of anilines is 2. The Balaban J connectivity index is 0.000000726. The summed E-state index contributed by atoms with van der Waals surface area (Å²) in [5.74, 6) is 1.78. The van der Waals surface area contributed by atoms with Gasteiger partial charge in [0.1, 0.15) is 0 Å². The van der Waals surface area contributed by atoms with Crippen LogP contribution >= 0.6 is 18.6 Å². The first kappa shape index (κ1) is 27.3. The van der Waals surface area contributed by atoms with Crippen LogP contribution in [-0.2, 0) is 17.0 Å². The van der Waals surface area contributed by atoms with Gasteiger partial charge in [0.15, 0.2) is 8.24 Å². The van der Waals surface area contributed by atoms with Crippen molar-refractivity contribution >= 4 is 49.6 Å². The molecule has 0 bridgehead atoms. The molecule has 4 atom stereocenters. The number of hydrogen-bond donors (Lipinski definition) is 0. The zero-order valence-electron chi connectivity index (χ0n) is 21.0. The van der Waals surface area contributed by atoms with Crippen molar-refractivity contribution in [2.45, 2.75) is 31.0 Å². The van der Waals surface area contributed by atoms with Gasteiger partial charge < -0.3 is 17.3 Å². The van der Waals surface area contributed by atoms with Gasteiger partial charge in [-0.15, -0.1) is 11.4 Å². The number of hydrogen-bond acceptors (Lipinski definition) is 1. The summed E-state index contributed by atoms with van der Waals surface area (Å²) < 4.78 is 2.72. The summed E-state index contributed by atoms with van der Waals surface area (Å²) in [5, 5.41) is 5.01. The zero-order chi connectivity index (χ0) is 24.4. The zero-order valence-corrected chi connectivity index (χ0v) is 25.1. The van der Waals surface area contributed by atoms with E-state index in [1.165, 1.54) is 23.4 Å². The number of halogens is 2. The van der Waals surface area contributed by atoms with Gasteiger partial charge >= 0.3 is 35.6 Å². The van der Waals surface area contributed by atoms with E-state index in [4.69, 9.17) is 23.9 Å². The van der Waals surface area contributed by atoms with Gasteiger partial charge in [0.25, 0.3) is 0 Å². The molecule has 2 nitrogen and oxygen atoms in total. The van der Waals surface area contributed by atoms with Gasteiger partial charge in [-0.25, -0.2) is 0 Å². The molecule has 1 heterocycles. The van der Waals surface area contributed by atoms with Crippen molar-refractivity contribution in [2.24, 2.45) is 11.8 Å². The number of benzene rings is 3. The summed E-state index contributed by atoms with van der Waals surface area (Å²) in [4.78, 5) is 0. The fourth-order valence-electron chi connectivity index (χ4n) is 6.53. The predicted molar refractivity (Wildman–Crippen MR) is 156 cm³/mol. The summed E-state index contributed by atoms with van der Waals surface area (Å²) >= 11 is -0.556. The molecule has 1 unspecified atom stereocenters. The number of rotatable bonds is 3. The Morgan fingerprint density at radius 2 is 1.33 bits per heavy atom. The third kappa shape index (κ3) is 5.01. The Morgan fingerprint density at radius 1 is 0.806 bits per heavy atom. The SMILES string of the molecule is C[Si](C)(C1[C@H]2C=CC=C[C@H]2C[C@H]1c1ccccc1)N1c2ccccc2[N-]c2ccccc21.[CH3-].[Cl][Ti][Cl]. The molecule has 3 aromatic carbocycles. The standard InChI is InChI=1S/C29H29N2Si.CH3.2ClH.Ti/c1-32(2,31-27-18-10-8-16-25(27)30-26-17-9-11-19-28(26)31)29-23-15-7-6-14-22(23)20-24(29)21-12-4-3-5-13-21;;;;/h3-19,22-24,29H,20H2,1-2H3;1H3;2*1H;/q2*-1;;;+2/p-2/t22-,23-,24-,29?;;;;/m0..../s1. The molecule has 1 aliphatic heterocycles. The topological polar surface area (TPSA) is 17.3 Å². The van der Waals surface area contributed by atoms with E-state index in [9.17, 15) is 0 Å². The Labute approximate surface area is 234 Å². The van der Waals surface area contributed by atoms with Gasteiger partial charge in [0.05, 0.1) is 0 Å². The molecule has 6 rings (SSSR count). The van der Waals surface area contributed by atoms with Gasteiger partial charge in [0, 0.05) is 11.4 Å². The van der Waals surface area contributed by atoms with E-state index in [-0.39, 0.29) is 7.43 Å². The van der Waals surface area contributed by atoms with Gasteiger partial charge in [-0.05, 0) is 47.4 Å². The molecular formula is C30H32Cl2N2SiTi-2. The Kier molecular flexibility index (Phi) is 8.91. The normalized spacial score (nSPS) is 23.2. The van der Waals surface area contributed by atoms with E-state index in [0.29, 0.717) is 23.3 Å². The molecule has 0 amide bonds. The molecule has 186 valence electrons. The van der Waals surface area contributed by atoms with Crippen LogP contribution in [0.2, 0.25) is 18.6 Å². The van der Waals surface area contributed by atoms with Gasteiger partial charge in [0.2, 0.25) is 0 Å². The molecule has 2 aliphatic carbocycles. The van der Waals surface area contributed by atoms with Crippen LogP contribution in [-0.4, -0.2) is 8.24 Å². The maximum absolute atomic E-state index is 5.01. The van der Waals surface area contributed by atoms with E-state index in [1.807, 2.05) is 0 Å². The van der Waals surface area contributed by atoms with Crippen molar-refractivity contribution in [1.29, 1.82) is 0 Å². The average molecular weight is 567 g/mol. The minimum atomic E-state index is -2.04. The molecule has 0 aromatic heterocycles. The average Bonchev–Trinajstić information content (AvgIpc) is 3.29. The summed E-state index contributed by atoms with van der Waals surface area (Å²) in [6, 6.07) is 28.7. The second-order valence-electron chi connectivity index (χ2n) is 9.94. The van der Waals surface area contributed by atoms with E-state index in [1.54, 1.807) is 0 Å². The first-order valence-corrected chi connectivity index (χ1v) is 19.4. The number of allylic oxidation sites excluding steroid dienone is 4. The summed E-state index contributed by atoms with van der Waals surface area (Å²) in [6.45, 7) is 5.17. The van der Waals surface area contributed by atoms with Crippen molar-refractivity contribution in [2.75, 3.05) is 4.57 Å². The molecule has 3 aromatic rings. The van der Waals surface area contributed by atoms with Crippen LogP contribution in [0, 0.1) is 19.3 Å². The Bertz CT molecular complexity index is 1180. The van der Waals surface area contributed by atoms with Gasteiger partial charge in [-0.2, -0.15) is 0 Å². The van der Waals surface area contributed by atoms with Crippen LogP contribution in [0.5, 0.6) is 0 Å². The molecule has 0 spiro atoms. The van der Waals surface area contributed by atoms with Crippen LogP contribution in [0.1, 0.15) is 17.9 Å².